The minimum Gasteiger partial charge on any atom is -0.406 e. The molecule has 240 valence electrons. The molecule has 8 nitrogen and oxygen atoms in total. The fourth-order valence-electron chi connectivity index (χ4n) is 4.53. The zero-order valence-electron chi connectivity index (χ0n) is 26.0. The molecule has 0 unspecified atom stereocenters. The quantitative estimate of drug-likeness (QED) is 0.107. The monoisotopic (exact) mass is 648 g/mol. The molecule has 3 aromatic carbocycles. The topological polar surface area (TPSA) is 84.6 Å². The number of amides is 2. The maximum atomic E-state index is 13.3. The van der Waals surface area contributed by atoms with E-state index in [2.05, 4.69) is 52.0 Å². The average Bonchev–Trinajstić information content (AvgIpc) is 3.50. The van der Waals surface area contributed by atoms with E-state index in [4.69, 9.17) is 11.4 Å². The van der Waals surface area contributed by atoms with Gasteiger partial charge in [-0.05, 0) is 73.2 Å². The van der Waals surface area contributed by atoms with Gasteiger partial charge in [-0.25, -0.2) is 19.5 Å². The Balaban J connectivity index is 1.39. The number of likely N-dealkylation sites (N-methyl/N-ethyl adjacent to an activating group) is 1. The Kier molecular flexibility index (Phi) is 11.5. The summed E-state index contributed by atoms with van der Waals surface area (Å²) < 4.78 is 42.7. The SMILES string of the molecule is C#CCSC(=Nc1cc(C)ccc1C(C)C)NC(=O)N(CC)CCc1ccc(-c2ncn(-c3ccc(OC(F)(F)F)cc3)n2)cc1. The largest absolute Gasteiger partial charge is 0.573 e. The van der Waals surface area contributed by atoms with Crippen LogP contribution in [-0.2, 0) is 6.42 Å². The number of rotatable bonds is 10. The van der Waals surface area contributed by atoms with Crippen LogP contribution in [0.1, 0.15) is 43.4 Å². The molecule has 0 saturated heterocycles. The highest BCUT2D eigenvalue weighted by Crippen LogP contribution is 2.29. The molecule has 12 heteroatoms. The first kappa shape index (κ1) is 34.1. The third-order valence-electron chi connectivity index (χ3n) is 6.91. The van der Waals surface area contributed by atoms with E-state index in [0.29, 0.717) is 41.9 Å². The Bertz CT molecular complexity index is 1690. The van der Waals surface area contributed by atoms with E-state index in [-0.39, 0.29) is 17.7 Å². The van der Waals surface area contributed by atoms with E-state index in [1.54, 1.807) is 4.90 Å². The maximum absolute atomic E-state index is 13.3. The van der Waals surface area contributed by atoms with Crippen LogP contribution in [0.15, 0.2) is 78.0 Å². The number of thioether (sulfide) groups is 1. The van der Waals surface area contributed by atoms with Gasteiger partial charge in [-0.15, -0.1) is 24.7 Å². The number of benzene rings is 3. The van der Waals surface area contributed by atoms with Crippen LogP contribution in [0.2, 0.25) is 0 Å². The van der Waals surface area contributed by atoms with E-state index < -0.39 is 6.36 Å². The molecule has 0 bridgehead atoms. The number of hydrogen-bond donors (Lipinski definition) is 1. The predicted molar refractivity (Wildman–Crippen MR) is 177 cm³/mol. The molecule has 1 aromatic heterocycles. The Morgan fingerprint density at radius 2 is 1.85 bits per heavy atom. The van der Waals surface area contributed by atoms with E-state index in [9.17, 15) is 18.0 Å². The van der Waals surface area contributed by atoms with Gasteiger partial charge in [0.05, 0.1) is 17.1 Å². The first-order valence-corrected chi connectivity index (χ1v) is 15.6. The molecule has 0 spiro atoms. The van der Waals surface area contributed by atoms with Crippen molar-refractivity contribution in [1.29, 1.82) is 0 Å². The highest BCUT2D eigenvalue weighted by molar-refractivity contribution is 8.14. The van der Waals surface area contributed by atoms with Gasteiger partial charge in [0.15, 0.2) is 11.0 Å². The fraction of sp³-hybridized carbons (Fsp3) is 0.294. The molecule has 1 heterocycles. The highest BCUT2D eigenvalue weighted by Gasteiger charge is 2.31. The summed E-state index contributed by atoms with van der Waals surface area (Å²) >= 11 is 1.31. The molecule has 0 aliphatic rings. The first-order chi connectivity index (χ1) is 22.0. The normalized spacial score (nSPS) is 11.8. The molecule has 1 N–H and O–H groups in total. The lowest BCUT2D eigenvalue weighted by Gasteiger charge is -2.22. The molecule has 4 rings (SSSR count). The van der Waals surface area contributed by atoms with Crippen molar-refractivity contribution in [2.24, 2.45) is 4.99 Å². The second-order valence-electron chi connectivity index (χ2n) is 10.6. The number of nitrogens with one attached hydrogen (secondary N) is 1. The van der Waals surface area contributed by atoms with Crippen molar-refractivity contribution in [2.75, 3.05) is 18.8 Å². The summed E-state index contributed by atoms with van der Waals surface area (Å²) in [5.41, 5.74) is 5.30. The van der Waals surface area contributed by atoms with Crippen LogP contribution < -0.4 is 10.1 Å². The Labute approximate surface area is 271 Å². The number of aliphatic imine (C=N–C) groups is 1. The smallest absolute Gasteiger partial charge is 0.406 e. The van der Waals surface area contributed by atoms with Crippen molar-refractivity contribution in [1.82, 2.24) is 25.0 Å². The number of aromatic nitrogens is 3. The van der Waals surface area contributed by atoms with Crippen LogP contribution in [-0.4, -0.2) is 56.1 Å². The third-order valence-corrected chi connectivity index (χ3v) is 7.69. The van der Waals surface area contributed by atoms with Gasteiger partial charge in [0.25, 0.3) is 0 Å². The standard InChI is InChI=1S/C34H35F3N6O2S/c1-6-20-46-32(39-30-21-24(5)8-17-29(30)23(3)4)40-33(44)42(7-2)19-18-25-9-11-26(12-10-25)31-38-22-43(41-31)27-13-15-28(16-14-27)45-34(35,36)37/h1,8-17,21-23H,7,18-20H2,2-5H3,(H,39,40,44). The lowest BCUT2D eigenvalue weighted by atomic mass is 10.00. The summed E-state index contributed by atoms with van der Waals surface area (Å²) in [7, 11) is 0. The number of carbonyl (C=O) groups excluding carboxylic acids is 1. The fourth-order valence-corrected chi connectivity index (χ4v) is 5.08. The average molecular weight is 649 g/mol. The number of urea groups is 1. The molecular formula is C34H35F3N6O2S. The van der Waals surface area contributed by atoms with Crippen LogP contribution in [0.25, 0.3) is 17.1 Å². The number of nitrogens with zero attached hydrogens (tertiary/aromatic N) is 5. The molecule has 0 aliphatic heterocycles. The van der Waals surface area contributed by atoms with E-state index in [1.165, 1.54) is 47.0 Å². The summed E-state index contributed by atoms with van der Waals surface area (Å²) in [5, 5.41) is 7.87. The Hall–Kier alpha value is -4.76. The van der Waals surface area contributed by atoms with Gasteiger partial charge >= 0.3 is 12.4 Å². The van der Waals surface area contributed by atoms with Crippen LogP contribution in [0.5, 0.6) is 5.75 Å². The molecular weight excluding hydrogens is 613 g/mol. The van der Waals surface area contributed by atoms with Crippen LogP contribution >= 0.6 is 11.8 Å². The van der Waals surface area contributed by atoms with E-state index in [1.807, 2.05) is 44.2 Å². The van der Waals surface area contributed by atoms with Crippen molar-refractivity contribution >= 4 is 28.6 Å². The molecule has 0 saturated carbocycles. The lowest BCUT2D eigenvalue weighted by Crippen LogP contribution is -2.43. The van der Waals surface area contributed by atoms with E-state index >= 15 is 0 Å². The van der Waals surface area contributed by atoms with Gasteiger partial charge < -0.3 is 9.64 Å². The van der Waals surface area contributed by atoms with Gasteiger partial charge in [0, 0.05) is 18.7 Å². The summed E-state index contributed by atoms with van der Waals surface area (Å²) in [5.74, 6) is 3.38. The minimum atomic E-state index is -4.75. The Morgan fingerprint density at radius 3 is 2.48 bits per heavy atom. The van der Waals surface area contributed by atoms with Crippen molar-refractivity contribution in [3.8, 4) is 35.2 Å². The molecule has 0 aliphatic carbocycles. The van der Waals surface area contributed by atoms with Gasteiger partial charge in [0.1, 0.15) is 12.1 Å². The summed E-state index contributed by atoms with van der Waals surface area (Å²) in [4.78, 5) is 24.1. The number of ether oxygens (including phenoxy) is 1. The summed E-state index contributed by atoms with van der Waals surface area (Å²) in [6.45, 7) is 9.12. The zero-order valence-corrected chi connectivity index (χ0v) is 26.8. The third kappa shape index (κ3) is 9.62. The maximum Gasteiger partial charge on any atom is 0.573 e. The molecule has 0 radical (unpaired) electrons. The molecule has 2 amide bonds. The first-order valence-electron chi connectivity index (χ1n) is 14.6. The van der Waals surface area contributed by atoms with Gasteiger partial charge in [-0.1, -0.05) is 67.9 Å². The number of alkyl halides is 3. The van der Waals surface area contributed by atoms with Crippen LogP contribution in [0, 0.1) is 19.3 Å². The number of halogens is 3. The zero-order chi connectivity index (χ0) is 33.3. The number of aryl methyl sites for hydroxylation is 1. The van der Waals surface area contributed by atoms with Gasteiger partial charge in [-0.3, -0.25) is 5.32 Å². The van der Waals surface area contributed by atoms with Crippen molar-refractivity contribution < 1.29 is 22.7 Å². The second kappa shape index (κ2) is 15.5. The predicted octanol–water partition coefficient (Wildman–Crippen LogP) is 7.89. The highest BCUT2D eigenvalue weighted by atomic mass is 32.2. The number of carbonyl (C=O) groups is 1. The molecule has 0 atom stereocenters. The number of hydrogen-bond acceptors (Lipinski definition) is 6. The Morgan fingerprint density at radius 1 is 1.13 bits per heavy atom. The van der Waals surface area contributed by atoms with Crippen molar-refractivity contribution in [2.45, 2.75) is 46.4 Å². The van der Waals surface area contributed by atoms with Gasteiger partial charge in [-0.2, -0.15) is 0 Å². The lowest BCUT2D eigenvalue weighted by molar-refractivity contribution is -0.274. The molecule has 4 aromatic rings. The van der Waals surface area contributed by atoms with Crippen molar-refractivity contribution in [3.63, 3.8) is 0 Å². The van der Waals surface area contributed by atoms with Crippen LogP contribution in [0.4, 0.5) is 23.7 Å². The molecule has 0 fully saturated rings. The van der Waals surface area contributed by atoms with Crippen molar-refractivity contribution in [3.05, 3.63) is 89.7 Å². The number of terminal acetylenes is 1. The van der Waals surface area contributed by atoms with Gasteiger partial charge in [0.2, 0.25) is 0 Å². The summed E-state index contributed by atoms with van der Waals surface area (Å²) in [6, 6.07) is 18.9. The second-order valence-corrected chi connectivity index (χ2v) is 11.6. The molecule has 46 heavy (non-hydrogen) atoms. The van der Waals surface area contributed by atoms with Crippen LogP contribution in [0.3, 0.4) is 0 Å². The number of amidine groups is 1. The minimum absolute atomic E-state index is 0.256. The summed E-state index contributed by atoms with van der Waals surface area (Å²) in [6.07, 6.45) is 2.86. The van der Waals surface area contributed by atoms with E-state index in [0.717, 1.165) is 27.9 Å².